The second kappa shape index (κ2) is 9.20. The van der Waals surface area contributed by atoms with Crippen LogP contribution in [0.2, 0.25) is 10.0 Å². The number of benzene rings is 1. The molecule has 1 atom stereocenters. The van der Waals surface area contributed by atoms with Crippen LogP contribution in [-0.2, 0) is 9.59 Å². The lowest BCUT2D eigenvalue weighted by molar-refractivity contribution is -0.127. The van der Waals surface area contributed by atoms with Crippen LogP contribution in [0.25, 0.3) is 0 Å². The Morgan fingerprint density at radius 3 is 2.77 bits per heavy atom. The first-order chi connectivity index (χ1) is 10.1. The van der Waals surface area contributed by atoms with Crippen molar-refractivity contribution in [1.82, 2.24) is 10.6 Å². The Morgan fingerprint density at radius 1 is 1.32 bits per heavy atom. The molecule has 3 N–H and O–H groups in total. The van der Waals surface area contributed by atoms with Crippen molar-refractivity contribution in [2.24, 2.45) is 5.92 Å². The molecular weight excluding hydrogens is 349 g/mol. The lowest BCUT2D eigenvalue weighted by Gasteiger charge is -2.21. The molecule has 1 aliphatic rings. The maximum Gasteiger partial charge on any atom is 0.243 e. The third-order valence-corrected chi connectivity index (χ3v) is 3.86. The van der Waals surface area contributed by atoms with E-state index in [1.54, 1.807) is 18.2 Å². The summed E-state index contributed by atoms with van der Waals surface area (Å²) < 4.78 is 0. The molecule has 5 nitrogen and oxygen atoms in total. The van der Waals surface area contributed by atoms with Gasteiger partial charge in [0, 0.05) is 11.6 Å². The highest BCUT2D eigenvalue weighted by Crippen LogP contribution is 2.25. The van der Waals surface area contributed by atoms with Gasteiger partial charge in [0.2, 0.25) is 11.8 Å². The molecule has 22 heavy (non-hydrogen) atoms. The summed E-state index contributed by atoms with van der Waals surface area (Å²) in [5.41, 5.74) is 0.433. The molecule has 1 aromatic carbocycles. The monoisotopic (exact) mass is 365 g/mol. The molecule has 2 rings (SSSR count). The molecule has 0 bridgehead atoms. The fourth-order valence-electron chi connectivity index (χ4n) is 2.18. The Kier molecular flexibility index (Phi) is 7.96. The molecule has 1 unspecified atom stereocenters. The topological polar surface area (TPSA) is 70.2 Å². The van der Waals surface area contributed by atoms with Crippen molar-refractivity contribution in [3.05, 3.63) is 28.2 Å². The van der Waals surface area contributed by atoms with Crippen molar-refractivity contribution >= 4 is 53.1 Å². The second-order valence-corrected chi connectivity index (χ2v) is 5.78. The predicted octanol–water partition coefficient (Wildman–Crippen LogP) is 2.47. The highest BCUT2D eigenvalue weighted by atomic mass is 35.5. The van der Waals surface area contributed by atoms with Gasteiger partial charge < -0.3 is 16.0 Å². The van der Waals surface area contributed by atoms with Gasteiger partial charge in [0.1, 0.15) is 0 Å². The molecule has 0 aromatic heterocycles. The zero-order valence-corrected chi connectivity index (χ0v) is 14.2. The zero-order chi connectivity index (χ0) is 15.2. The summed E-state index contributed by atoms with van der Waals surface area (Å²) in [6, 6.07) is 4.80. The third kappa shape index (κ3) is 5.65. The summed E-state index contributed by atoms with van der Waals surface area (Å²) in [7, 11) is 0. The van der Waals surface area contributed by atoms with Gasteiger partial charge in [-0.15, -0.1) is 12.4 Å². The van der Waals surface area contributed by atoms with Crippen molar-refractivity contribution < 1.29 is 9.59 Å². The molecule has 0 aliphatic carbocycles. The standard InChI is InChI=1S/C14H17Cl2N3O2.ClH/c15-10-3-4-11(16)12(6-10)19-13(20)8-18-14(21)9-2-1-5-17-7-9;/h3-4,6,9,17H,1-2,5,7-8H2,(H,18,21)(H,19,20);1H. The lowest BCUT2D eigenvalue weighted by Crippen LogP contribution is -2.42. The Balaban J connectivity index is 0.00000242. The molecule has 1 saturated heterocycles. The number of hydrogen-bond donors (Lipinski definition) is 3. The van der Waals surface area contributed by atoms with E-state index in [0.29, 0.717) is 22.3 Å². The van der Waals surface area contributed by atoms with Gasteiger partial charge in [0.05, 0.1) is 23.2 Å². The zero-order valence-electron chi connectivity index (χ0n) is 11.8. The molecule has 122 valence electrons. The van der Waals surface area contributed by atoms with Crippen LogP contribution >= 0.6 is 35.6 Å². The van der Waals surface area contributed by atoms with Crippen LogP contribution in [0, 0.1) is 5.92 Å². The summed E-state index contributed by atoms with van der Waals surface area (Å²) in [6.07, 6.45) is 1.82. The van der Waals surface area contributed by atoms with Crippen LogP contribution < -0.4 is 16.0 Å². The Morgan fingerprint density at radius 2 is 2.09 bits per heavy atom. The first-order valence-corrected chi connectivity index (χ1v) is 7.55. The van der Waals surface area contributed by atoms with Crippen LogP contribution in [0.4, 0.5) is 5.69 Å². The number of amides is 2. The average molecular weight is 367 g/mol. The quantitative estimate of drug-likeness (QED) is 0.766. The summed E-state index contributed by atoms with van der Waals surface area (Å²) in [6.45, 7) is 1.52. The number of carbonyl (C=O) groups is 2. The van der Waals surface area contributed by atoms with Crippen molar-refractivity contribution in [1.29, 1.82) is 0 Å². The Labute approximate surface area is 145 Å². The SMILES string of the molecule is Cl.O=C(CNC(=O)C1CCCNC1)Nc1cc(Cl)ccc1Cl. The molecule has 1 heterocycles. The Bertz CT molecular complexity index is 534. The summed E-state index contributed by atoms with van der Waals surface area (Å²) in [5, 5.41) is 9.30. The van der Waals surface area contributed by atoms with Gasteiger partial charge in [0.25, 0.3) is 0 Å². The first kappa shape index (κ1) is 19.0. The second-order valence-electron chi connectivity index (χ2n) is 4.93. The van der Waals surface area contributed by atoms with Gasteiger partial charge in [-0.2, -0.15) is 0 Å². The molecule has 8 heteroatoms. The van der Waals surface area contributed by atoms with Crippen LogP contribution in [0.1, 0.15) is 12.8 Å². The minimum absolute atomic E-state index is 0. The van der Waals surface area contributed by atoms with Crippen LogP contribution in [0.3, 0.4) is 0 Å². The largest absolute Gasteiger partial charge is 0.347 e. The van der Waals surface area contributed by atoms with E-state index in [9.17, 15) is 9.59 Å². The molecule has 0 saturated carbocycles. The molecule has 1 aliphatic heterocycles. The van der Waals surface area contributed by atoms with Gasteiger partial charge in [-0.1, -0.05) is 23.2 Å². The number of rotatable bonds is 4. The molecule has 2 amide bonds. The van der Waals surface area contributed by atoms with Crippen LogP contribution in [-0.4, -0.2) is 31.4 Å². The van der Waals surface area contributed by atoms with Crippen LogP contribution in [0.15, 0.2) is 18.2 Å². The first-order valence-electron chi connectivity index (χ1n) is 6.79. The number of carbonyl (C=O) groups excluding carboxylic acids is 2. The van der Waals surface area contributed by atoms with Crippen molar-refractivity contribution in [2.45, 2.75) is 12.8 Å². The smallest absolute Gasteiger partial charge is 0.243 e. The van der Waals surface area contributed by atoms with E-state index in [0.717, 1.165) is 19.4 Å². The average Bonchev–Trinajstić information content (AvgIpc) is 2.49. The predicted molar refractivity (Wildman–Crippen MR) is 90.9 cm³/mol. The van der Waals surface area contributed by atoms with Crippen molar-refractivity contribution in [3.8, 4) is 0 Å². The number of halogens is 3. The van der Waals surface area contributed by atoms with Gasteiger partial charge in [-0.05, 0) is 37.6 Å². The van der Waals surface area contributed by atoms with E-state index in [1.807, 2.05) is 0 Å². The maximum atomic E-state index is 11.9. The minimum atomic E-state index is -0.337. The van der Waals surface area contributed by atoms with Crippen molar-refractivity contribution in [3.63, 3.8) is 0 Å². The molecular formula is C14H18Cl3N3O2. The fourth-order valence-corrected chi connectivity index (χ4v) is 2.51. The number of nitrogens with one attached hydrogen (secondary N) is 3. The van der Waals surface area contributed by atoms with Gasteiger partial charge in [0.15, 0.2) is 0 Å². The van der Waals surface area contributed by atoms with E-state index in [-0.39, 0.29) is 36.7 Å². The van der Waals surface area contributed by atoms with Crippen LogP contribution in [0.5, 0.6) is 0 Å². The lowest BCUT2D eigenvalue weighted by atomic mass is 9.99. The molecule has 1 fully saturated rings. The van der Waals surface area contributed by atoms with Gasteiger partial charge >= 0.3 is 0 Å². The molecule has 1 aromatic rings. The highest BCUT2D eigenvalue weighted by Gasteiger charge is 2.21. The summed E-state index contributed by atoms with van der Waals surface area (Å²) in [4.78, 5) is 23.7. The van der Waals surface area contributed by atoms with Gasteiger partial charge in [-0.3, -0.25) is 9.59 Å². The fraction of sp³-hybridized carbons (Fsp3) is 0.429. The van der Waals surface area contributed by atoms with E-state index in [2.05, 4.69) is 16.0 Å². The van der Waals surface area contributed by atoms with Crippen molar-refractivity contribution in [2.75, 3.05) is 25.0 Å². The number of hydrogen-bond acceptors (Lipinski definition) is 3. The molecule has 0 radical (unpaired) electrons. The normalized spacial score (nSPS) is 17.3. The number of anilines is 1. The third-order valence-electron chi connectivity index (χ3n) is 3.29. The number of piperidine rings is 1. The minimum Gasteiger partial charge on any atom is -0.347 e. The van der Waals surface area contributed by atoms with E-state index < -0.39 is 0 Å². The molecule has 0 spiro atoms. The Hall–Kier alpha value is -1.01. The summed E-state index contributed by atoms with van der Waals surface area (Å²) >= 11 is 11.8. The highest BCUT2D eigenvalue weighted by molar-refractivity contribution is 6.35. The maximum absolute atomic E-state index is 11.9. The van der Waals surface area contributed by atoms with E-state index in [1.165, 1.54) is 0 Å². The summed E-state index contributed by atoms with van der Waals surface area (Å²) in [5.74, 6) is -0.507. The van der Waals surface area contributed by atoms with E-state index >= 15 is 0 Å². The van der Waals surface area contributed by atoms with E-state index in [4.69, 9.17) is 23.2 Å². The van der Waals surface area contributed by atoms with Gasteiger partial charge in [-0.25, -0.2) is 0 Å².